The first kappa shape index (κ1) is 14.7. The monoisotopic (exact) mass is 262 g/mol. The zero-order valence-electron chi connectivity index (χ0n) is 10.6. The van der Waals surface area contributed by atoms with E-state index < -0.39 is 0 Å². The van der Waals surface area contributed by atoms with Gasteiger partial charge in [-0.1, -0.05) is 0 Å². The Hall–Kier alpha value is -0.320. The third-order valence-electron chi connectivity index (χ3n) is 3.66. The van der Waals surface area contributed by atoms with Crippen LogP contribution in [0.5, 0.6) is 0 Å². The molecule has 0 aromatic rings. The van der Waals surface area contributed by atoms with Crippen LogP contribution in [0.2, 0.25) is 0 Å². The van der Waals surface area contributed by atoms with Gasteiger partial charge in [-0.15, -0.1) is 12.4 Å². The Morgan fingerprint density at radius 2 is 2.00 bits per heavy atom. The number of morpholine rings is 1. The Balaban J connectivity index is 0.00000144. The third kappa shape index (κ3) is 3.57. The van der Waals surface area contributed by atoms with Crippen molar-refractivity contribution in [1.82, 2.24) is 10.2 Å². The molecule has 2 saturated heterocycles. The predicted molar refractivity (Wildman–Crippen MR) is 69.5 cm³/mol. The van der Waals surface area contributed by atoms with E-state index in [9.17, 15) is 4.79 Å². The fraction of sp³-hybridized carbons (Fsp3) is 0.917. The van der Waals surface area contributed by atoms with Crippen LogP contribution in [0.25, 0.3) is 0 Å². The summed E-state index contributed by atoms with van der Waals surface area (Å²) in [4.78, 5) is 14.2. The van der Waals surface area contributed by atoms with E-state index in [1.165, 1.54) is 0 Å². The molecule has 0 bridgehead atoms. The molecule has 4 nitrogen and oxygen atoms in total. The van der Waals surface area contributed by atoms with Gasteiger partial charge in [-0.25, -0.2) is 0 Å². The first-order valence-corrected chi connectivity index (χ1v) is 6.30. The lowest BCUT2D eigenvalue weighted by atomic mass is 10.1. The van der Waals surface area contributed by atoms with Crippen LogP contribution in [0.3, 0.4) is 0 Å². The molecule has 1 N–H and O–H groups in total. The highest BCUT2D eigenvalue weighted by atomic mass is 35.5. The molecule has 0 aromatic heterocycles. The van der Waals surface area contributed by atoms with Gasteiger partial charge in [0.1, 0.15) is 0 Å². The zero-order valence-corrected chi connectivity index (χ0v) is 11.5. The van der Waals surface area contributed by atoms with Gasteiger partial charge in [0.25, 0.3) is 0 Å². The van der Waals surface area contributed by atoms with E-state index in [1.54, 1.807) is 0 Å². The quantitative estimate of drug-likeness (QED) is 0.813. The van der Waals surface area contributed by atoms with Gasteiger partial charge in [-0.05, 0) is 26.7 Å². The summed E-state index contributed by atoms with van der Waals surface area (Å²) in [5.41, 5.74) is 0. The van der Waals surface area contributed by atoms with Crippen LogP contribution in [0.15, 0.2) is 0 Å². The van der Waals surface area contributed by atoms with Crippen LogP contribution in [-0.4, -0.2) is 48.7 Å². The number of amides is 1. The zero-order chi connectivity index (χ0) is 11.5. The average Bonchev–Trinajstić information content (AvgIpc) is 2.60. The first-order valence-electron chi connectivity index (χ1n) is 6.30. The molecule has 0 aliphatic carbocycles. The second-order valence-corrected chi connectivity index (χ2v) is 5.01. The first-order chi connectivity index (χ1) is 7.68. The Morgan fingerprint density at radius 3 is 2.53 bits per heavy atom. The smallest absolute Gasteiger partial charge is 0.224 e. The van der Waals surface area contributed by atoms with Gasteiger partial charge < -0.3 is 15.0 Å². The number of nitrogens with one attached hydrogen (secondary N) is 1. The van der Waals surface area contributed by atoms with Crippen molar-refractivity contribution in [3.63, 3.8) is 0 Å². The number of ether oxygens (including phenoxy) is 1. The fourth-order valence-corrected chi connectivity index (χ4v) is 2.75. The van der Waals surface area contributed by atoms with Crippen molar-refractivity contribution in [2.75, 3.05) is 19.8 Å². The number of nitrogens with zero attached hydrogens (tertiary/aromatic N) is 1. The summed E-state index contributed by atoms with van der Waals surface area (Å²) in [6, 6.07) is 1.03. The molecule has 17 heavy (non-hydrogen) atoms. The molecule has 0 radical (unpaired) electrons. The predicted octanol–water partition coefficient (Wildman–Crippen LogP) is 1.19. The van der Waals surface area contributed by atoms with Crippen LogP contribution < -0.4 is 5.32 Å². The van der Waals surface area contributed by atoms with Crippen molar-refractivity contribution in [1.29, 1.82) is 0 Å². The number of carbonyl (C=O) groups is 1. The Labute approximate surface area is 109 Å². The van der Waals surface area contributed by atoms with Gasteiger partial charge in [-0.3, -0.25) is 4.79 Å². The molecule has 3 atom stereocenters. The third-order valence-corrected chi connectivity index (χ3v) is 3.66. The van der Waals surface area contributed by atoms with Crippen LogP contribution >= 0.6 is 12.4 Å². The van der Waals surface area contributed by atoms with Crippen LogP contribution in [-0.2, 0) is 9.53 Å². The molecule has 2 heterocycles. The van der Waals surface area contributed by atoms with Gasteiger partial charge in [0.2, 0.25) is 5.91 Å². The number of hydrogen-bond donors (Lipinski definition) is 1. The van der Waals surface area contributed by atoms with Gasteiger partial charge in [0, 0.05) is 31.1 Å². The minimum atomic E-state index is 0. The molecule has 2 fully saturated rings. The minimum absolute atomic E-state index is 0. The molecule has 5 heteroatoms. The lowest BCUT2D eigenvalue weighted by Gasteiger charge is -2.30. The number of likely N-dealkylation sites (tertiary alicyclic amines) is 1. The van der Waals surface area contributed by atoms with Gasteiger partial charge >= 0.3 is 0 Å². The molecular formula is C12H23ClN2O2. The van der Waals surface area contributed by atoms with E-state index in [1.807, 2.05) is 0 Å². The maximum atomic E-state index is 12.2. The van der Waals surface area contributed by atoms with Gasteiger partial charge in [0.05, 0.1) is 13.2 Å². The molecule has 100 valence electrons. The lowest BCUT2D eigenvalue weighted by Crippen LogP contribution is -2.47. The van der Waals surface area contributed by atoms with Crippen molar-refractivity contribution in [2.24, 2.45) is 0 Å². The molecule has 2 aliphatic heterocycles. The summed E-state index contributed by atoms with van der Waals surface area (Å²) in [7, 11) is 0. The van der Waals surface area contributed by atoms with Crippen molar-refractivity contribution < 1.29 is 9.53 Å². The van der Waals surface area contributed by atoms with E-state index in [4.69, 9.17) is 4.74 Å². The van der Waals surface area contributed by atoms with Crippen molar-refractivity contribution >= 4 is 18.3 Å². The minimum Gasteiger partial charge on any atom is -0.378 e. The summed E-state index contributed by atoms with van der Waals surface area (Å²) in [5.74, 6) is 0.278. The topological polar surface area (TPSA) is 41.6 Å². The SMILES string of the molecule is CC1CCC(C)N1C(=O)CC1COCCN1.Cl. The molecule has 2 aliphatic rings. The van der Waals surface area contributed by atoms with Crippen LogP contribution in [0.1, 0.15) is 33.1 Å². The largest absolute Gasteiger partial charge is 0.378 e. The Bertz CT molecular complexity index is 247. The fourth-order valence-electron chi connectivity index (χ4n) is 2.75. The van der Waals surface area contributed by atoms with Crippen LogP contribution in [0.4, 0.5) is 0 Å². The standard InChI is InChI=1S/C12H22N2O2.ClH/c1-9-3-4-10(2)14(9)12(15)7-11-8-16-6-5-13-11;/h9-11,13H,3-8H2,1-2H3;1H. The summed E-state index contributed by atoms with van der Waals surface area (Å²) < 4.78 is 5.37. The molecule has 3 unspecified atom stereocenters. The van der Waals surface area contributed by atoms with E-state index in [0.29, 0.717) is 25.1 Å². The lowest BCUT2D eigenvalue weighted by molar-refractivity contribution is -0.134. The summed E-state index contributed by atoms with van der Waals surface area (Å²) in [5, 5.41) is 3.33. The van der Waals surface area contributed by atoms with Crippen molar-refractivity contribution in [2.45, 2.75) is 51.2 Å². The van der Waals surface area contributed by atoms with Gasteiger partial charge in [-0.2, -0.15) is 0 Å². The normalized spacial score (nSPS) is 33.3. The number of carbonyl (C=O) groups excluding carboxylic acids is 1. The second-order valence-electron chi connectivity index (χ2n) is 5.01. The number of halogens is 1. The molecule has 2 rings (SSSR count). The van der Waals surface area contributed by atoms with Crippen molar-refractivity contribution in [3.8, 4) is 0 Å². The summed E-state index contributed by atoms with van der Waals surface area (Å²) >= 11 is 0. The molecule has 0 aromatic carbocycles. The highest BCUT2D eigenvalue weighted by Gasteiger charge is 2.32. The summed E-state index contributed by atoms with van der Waals surface area (Å²) in [6.07, 6.45) is 2.86. The number of rotatable bonds is 2. The second kappa shape index (κ2) is 6.57. The van der Waals surface area contributed by atoms with E-state index >= 15 is 0 Å². The highest BCUT2D eigenvalue weighted by molar-refractivity contribution is 5.85. The van der Waals surface area contributed by atoms with Crippen LogP contribution in [0, 0.1) is 0 Å². The van der Waals surface area contributed by atoms with Gasteiger partial charge in [0.15, 0.2) is 0 Å². The molecule has 1 amide bonds. The maximum Gasteiger partial charge on any atom is 0.224 e. The Kier molecular flexibility index (Phi) is 5.70. The molecular weight excluding hydrogens is 240 g/mol. The van der Waals surface area contributed by atoms with E-state index in [0.717, 1.165) is 26.0 Å². The Morgan fingerprint density at radius 1 is 1.35 bits per heavy atom. The van der Waals surface area contributed by atoms with E-state index in [-0.39, 0.29) is 24.4 Å². The number of hydrogen-bond acceptors (Lipinski definition) is 3. The molecule has 0 saturated carbocycles. The average molecular weight is 263 g/mol. The highest BCUT2D eigenvalue weighted by Crippen LogP contribution is 2.24. The van der Waals surface area contributed by atoms with E-state index in [2.05, 4.69) is 24.1 Å². The van der Waals surface area contributed by atoms with Crippen molar-refractivity contribution in [3.05, 3.63) is 0 Å². The summed E-state index contributed by atoms with van der Waals surface area (Å²) in [6.45, 7) is 6.59. The maximum absolute atomic E-state index is 12.2. The molecule has 0 spiro atoms.